The number of carbonyl (C=O) groups is 1. The zero-order valence-corrected chi connectivity index (χ0v) is 12.1. The summed E-state index contributed by atoms with van der Waals surface area (Å²) in [5.74, 6) is -1.92. The van der Waals surface area contributed by atoms with Crippen molar-refractivity contribution in [2.75, 3.05) is 24.3 Å². The van der Waals surface area contributed by atoms with E-state index in [1.54, 1.807) is 19.0 Å². The molecule has 0 aliphatic carbocycles. The standard InChI is InChI=1S/C14H12ClF2N3O/c1-20(2)12-7-8(6-11(15)18-12)14(21)19-13-9(16)4-3-5-10(13)17/h3-7H,1-2H3,(H,19,21). The van der Waals surface area contributed by atoms with Gasteiger partial charge in [0.15, 0.2) is 0 Å². The maximum Gasteiger partial charge on any atom is 0.256 e. The van der Waals surface area contributed by atoms with Crippen molar-refractivity contribution in [2.24, 2.45) is 0 Å². The number of benzene rings is 1. The van der Waals surface area contributed by atoms with Gasteiger partial charge in [-0.1, -0.05) is 17.7 Å². The second-order valence-electron chi connectivity index (χ2n) is 4.48. The monoisotopic (exact) mass is 311 g/mol. The van der Waals surface area contributed by atoms with Crippen LogP contribution < -0.4 is 10.2 Å². The minimum atomic E-state index is -0.851. The number of aromatic nitrogens is 1. The Hall–Kier alpha value is -2.21. The lowest BCUT2D eigenvalue weighted by Gasteiger charge is -2.13. The third-order valence-corrected chi connectivity index (χ3v) is 2.90. The van der Waals surface area contributed by atoms with Crippen molar-refractivity contribution in [1.29, 1.82) is 0 Å². The normalized spacial score (nSPS) is 10.3. The summed E-state index contributed by atoms with van der Waals surface area (Å²) in [6.45, 7) is 0. The third kappa shape index (κ3) is 3.46. The van der Waals surface area contributed by atoms with Crippen molar-refractivity contribution in [2.45, 2.75) is 0 Å². The number of para-hydroxylation sites is 1. The Bertz CT molecular complexity index is 672. The van der Waals surface area contributed by atoms with Gasteiger partial charge in [0.1, 0.15) is 28.3 Å². The van der Waals surface area contributed by atoms with Gasteiger partial charge in [-0.05, 0) is 24.3 Å². The van der Waals surface area contributed by atoms with E-state index in [-0.39, 0.29) is 10.7 Å². The fraction of sp³-hybridized carbons (Fsp3) is 0.143. The number of hydrogen-bond acceptors (Lipinski definition) is 3. The van der Waals surface area contributed by atoms with Gasteiger partial charge in [-0.15, -0.1) is 0 Å². The highest BCUT2D eigenvalue weighted by atomic mass is 35.5. The van der Waals surface area contributed by atoms with E-state index >= 15 is 0 Å². The molecule has 0 unspecified atom stereocenters. The zero-order valence-electron chi connectivity index (χ0n) is 11.3. The molecule has 7 heteroatoms. The van der Waals surface area contributed by atoms with Crippen molar-refractivity contribution in [1.82, 2.24) is 4.98 Å². The Labute approximate surface area is 125 Å². The van der Waals surface area contributed by atoms with E-state index in [0.717, 1.165) is 12.1 Å². The quantitative estimate of drug-likeness (QED) is 0.884. The van der Waals surface area contributed by atoms with Crippen LogP contribution in [0.15, 0.2) is 30.3 Å². The van der Waals surface area contributed by atoms with Crippen LogP contribution in [0, 0.1) is 11.6 Å². The van der Waals surface area contributed by atoms with Gasteiger partial charge < -0.3 is 10.2 Å². The van der Waals surface area contributed by atoms with Crippen molar-refractivity contribution in [3.63, 3.8) is 0 Å². The smallest absolute Gasteiger partial charge is 0.256 e. The first-order chi connectivity index (χ1) is 9.88. The summed E-state index contributed by atoms with van der Waals surface area (Å²) < 4.78 is 27.0. The molecule has 0 saturated carbocycles. The summed E-state index contributed by atoms with van der Waals surface area (Å²) >= 11 is 5.84. The summed E-state index contributed by atoms with van der Waals surface area (Å²) in [6.07, 6.45) is 0. The highest BCUT2D eigenvalue weighted by Crippen LogP contribution is 2.21. The molecule has 2 rings (SSSR count). The van der Waals surface area contributed by atoms with Crippen LogP contribution in [-0.4, -0.2) is 25.0 Å². The molecule has 0 aliphatic heterocycles. The van der Waals surface area contributed by atoms with Crippen LogP contribution >= 0.6 is 11.6 Å². The van der Waals surface area contributed by atoms with Gasteiger partial charge in [0.05, 0.1) is 0 Å². The Balaban J connectivity index is 2.33. The van der Waals surface area contributed by atoms with Crippen LogP contribution in [0.5, 0.6) is 0 Å². The fourth-order valence-electron chi connectivity index (χ4n) is 1.65. The first-order valence-corrected chi connectivity index (χ1v) is 6.36. The maximum atomic E-state index is 13.5. The molecule has 1 N–H and O–H groups in total. The van der Waals surface area contributed by atoms with Crippen molar-refractivity contribution in [3.05, 3.63) is 52.7 Å². The first-order valence-electron chi connectivity index (χ1n) is 5.99. The number of carbonyl (C=O) groups excluding carboxylic acids is 1. The molecule has 1 heterocycles. The molecule has 0 spiro atoms. The molecule has 21 heavy (non-hydrogen) atoms. The topological polar surface area (TPSA) is 45.2 Å². The number of rotatable bonds is 3. The molecule has 110 valence electrons. The van der Waals surface area contributed by atoms with Crippen molar-refractivity contribution in [3.8, 4) is 0 Å². The Kier molecular flexibility index (Phi) is 4.37. The number of anilines is 2. The average Bonchev–Trinajstić information content (AvgIpc) is 2.42. The first kappa shape index (κ1) is 15.2. The summed E-state index contributed by atoms with van der Waals surface area (Å²) in [6, 6.07) is 6.13. The Morgan fingerprint density at radius 2 is 1.86 bits per heavy atom. The number of halogens is 3. The lowest BCUT2D eigenvalue weighted by Crippen LogP contribution is -2.17. The van der Waals surface area contributed by atoms with Gasteiger partial charge >= 0.3 is 0 Å². The lowest BCUT2D eigenvalue weighted by atomic mass is 10.2. The van der Waals surface area contributed by atoms with Crippen LogP contribution in [0.1, 0.15) is 10.4 Å². The van der Waals surface area contributed by atoms with Crippen LogP contribution in [-0.2, 0) is 0 Å². The Morgan fingerprint density at radius 3 is 2.43 bits per heavy atom. The predicted octanol–water partition coefficient (Wildman–Crippen LogP) is 3.33. The van der Waals surface area contributed by atoms with Gasteiger partial charge in [0.25, 0.3) is 5.91 Å². The molecule has 0 bridgehead atoms. The number of pyridine rings is 1. The van der Waals surface area contributed by atoms with E-state index < -0.39 is 23.2 Å². The molecule has 0 atom stereocenters. The van der Waals surface area contributed by atoms with Gasteiger partial charge in [-0.25, -0.2) is 13.8 Å². The fourth-order valence-corrected chi connectivity index (χ4v) is 1.85. The van der Waals surface area contributed by atoms with E-state index in [1.165, 1.54) is 18.2 Å². The SMILES string of the molecule is CN(C)c1cc(C(=O)Nc2c(F)cccc2F)cc(Cl)n1. The number of nitrogens with zero attached hydrogens (tertiary/aromatic N) is 2. The van der Waals surface area contributed by atoms with E-state index in [4.69, 9.17) is 11.6 Å². The van der Waals surface area contributed by atoms with Gasteiger partial charge in [-0.3, -0.25) is 4.79 Å². The van der Waals surface area contributed by atoms with E-state index in [2.05, 4.69) is 10.3 Å². The van der Waals surface area contributed by atoms with Crippen LogP contribution in [0.4, 0.5) is 20.3 Å². The van der Waals surface area contributed by atoms with Crippen LogP contribution in [0.25, 0.3) is 0 Å². The molecule has 1 amide bonds. The van der Waals surface area contributed by atoms with Crippen LogP contribution in [0.3, 0.4) is 0 Å². The molecule has 1 aromatic heterocycles. The molecular formula is C14H12ClF2N3O. The van der Waals surface area contributed by atoms with E-state index in [1.807, 2.05) is 0 Å². The van der Waals surface area contributed by atoms with Crippen molar-refractivity contribution < 1.29 is 13.6 Å². The highest BCUT2D eigenvalue weighted by molar-refractivity contribution is 6.30. The van der Waals surface area contributed by atoms with Gasteiger partial charge in [0, 0.05) is 19.7 Å². The molecule has 0 aliphatic rings. The summed E-state index contributed by atoms with van der Waals surface area (Å²) in [5.41, 5.74) is -0.344. The largest absolute Gasteiger partial charge is 0.363 e. The minimum absolute atomic E-state index is 0.111. The number of hydrogen-bond donors (Lipinski definition) is 1. The second kappa shape index (κ2) is 6.05. The predicted molar refractivity (Wildman–Crippen MR) is 77.9 cm³/mol. The average molecular weight is 312 g/mol. The zero-order chi connectivity index (χ0) is 15.6. The summed E-state index contributed by atoms with van der Waals surface area (Å²) in [5, 5.41) is 2.31. The molecular weight excluding hydrogens is 300 g/mol. The number of nitrogens with one attached hydrogen (secondary N) is 1. The minimum Gasteiger partial charge on any atom is -0.363 e. The molecule has 0 fully saturated rings. The molecule has 2 aromatic rings. The molecule has 1 aromatic carbocycles. The molecule has 0 saturated heterocycles. The van der Waals surface area contributed by atoms with E-state index in [9.17, 15) is 13.6 Å². The Morgan fingerprint density at radius 1 is 1.24 bits per heavy atom. The molecule has 4 nitrogen and oxygen atoms in total. The van der Waals surface area contributed by atoms with Crippen molar-refractivity contribution >= 4 is 29.0 Å². The second-order valence-corrected chi connectivity index (χ2v) is 4.87. The van der Waals surface area contributed by atoms with E-state index in [0.29, 0.717) is 5.82 Å². The summed E-state index contributed by atoms with van der Waals surface area (Å²) in [4.78, 5) is 17.8. The number of amides is 1. The van der Waals surface area contributed by atoms with Gasteiger partial charge in [0.2, 0.25) is 0 Å². The van der Waals surface area contributed by atoms with Gasteiger partial charge in [-0.2, -0.15) is 0 Å². The summed E-state index contributed by atoms with van der Waals surface area (Å²) in [7, 11) is 3.47. The lowest BCUT2D eigenvalue weighted by molar-refractivity contribution is 0.102. The highest BCUT2D eigenvalue weighted by Gasteiger charge is 2.15. The third-order valence-electron chi connectivity index (χ3n) is 2.70. The maximum absolute atomic E-state index is 13.5. The molecule has 0 radical (unpaired) electrons. The van der Waals surface area contributed by atoms with Crippen LogP contribution in [0.2, 0.25) is 5.15 Å².